The van der Waals surface area contributed by atoms with Gasteiger partial charge < -0.3 is 20.1 Å². The monoisotopic (exact) mass is 398 g/mol. The number of carbonyl (C=O) groups excluding carboxylic acids is 3. The van der Waals surface area contributed by atoms with Gasteiger partial charge in [0.1, 0.15) is 17.6 Å². The molecule has 1 aromatic rings. The Morgan fingerprint density at radius 1 is 1.38 bits per heavy atom. The van der Waals surface area contributed by atoms with Gasteiger partial charge in [-0.2, -0.15) is 5.26 Å². The smallest absolute Gasteiger partial charge is 0.325 e. The maximum atomic E-state index is 12.9. The Hall–Kier alpha value is -3.28. The molecule has 0 aromatic heterocycles. The second-order valence-corrected chi connectivity index (χ2v) is 8.15. The third kappa shape index (κ3) is 3.46. The second-order valence-electron chi connectivity index (χ2n) is 8.15. The van der Waals surface area contributed by atoms with E-state index in [1.54, 1.807) is 26.0 Å². The minimum Gasteiger partial charge on any atom is -0.454 e. The number of urea groups is 1. The van der Waals surface area contributed by atoms with Crippen LogP contribution in [0.5, 0.6) is 11.5 Å². The lowest BCUT2D eigenvalue weighted by Crippen LogP contribution is -2.51. The van der Waals surface area contributed by atoms with E-state index in [0.717, 1.165) is 23.3 Å². The van der Waals surface area contributed by atoms with Crippen LogP contribution < -0.4 is 20.1 Å². The highest BCUT2D eigenvalue weighted by Crippen LogP contribution is 2.39. The fourth-order valence-corrected chi connectivity index (χ4v) is 3.82. The third-order valence-electron chi connectivity index (χ3n) is 5.67. The van der Waals surface area contributed by atoms with Gasteiger partial charge in [-0.1, -0.05) is 6.07 Å². The first-order valence-corrected chi connectivity index (χ1v) is 9.49. The Kier molecular flexibility index (Phi) is 4.37. The fraction of sp³-hybridized carbons (Fsp3) is 0.500. The third-order valence-corrected chi connectivity index (χ3v) is 5.67. The predicted molar refractivity (Wildman–Crippen MR) is 99.8 cm³/mol. The standard InChI is InChI=1S/C20H22N4O5/c1-19(8-12-3-6-14-15(7-12)29-11-28-14)17(26)24(18(27)23-19)9-16(25)22-20(2,10-21)13-4-5-13/h3,6-7,13H,4-5,8-9,11H2,1-2H3,(H,22,25)(H,23,27)/t19-,20-/m1/s1. The summed E-state index contributed by atoms with van der Waals surface area (Å²) in [6.07, 6.45) is 1.99. The Bertz CT molecular complexity index is 937. The minimum absolute atomic E-state index is 0.107. The number of amides is 4. The summed E-state index contributed by atoms with van der Waals surface area (Å²) in [4.78, 5) is 38.7. The molecule has 2 fully saturated rings. The number of nitrogens with one attached hydrogen (secondary N) is 2. The largest absolute Gasteiger partial charge is 0.454 e. The van der Waals surface area contributed by atoms with E-state index in [1.807, 2.05) is 6.07 Å². The van der Waals surface area contributed by atoms with Crippen molar-refractivity contribution in [3.05, 3.63) is 23.8 Å². The number of ether oxygens (including phenoxy) is 2. The number of hydrogen-bond acceptors (Lipinski definition) is 6. The van der Waals surface area contributed by atoms with E-state index in [0.29, 0.717) is 11.5 Å². The Balaban J connectivity index is 1.44. The molecule has 9 nitrogen and oxygen atoms in total. The van der Waals surface area contributed by atoms with Crippen molar-refractivity contribution in [2.24, 2.45) is 5.92 Å². The van der Waals surface area contributed by atoms with Gasteiger partial charge in [0.25, 0.3) is 5.91 Å². The summed E-state index contributed by atoms with van der Waals surface area (Å²) in [7, 11) is 0. The van der Waals surface area contributed by atoms with E-state index in [2.05, 4.69) is 16.7 Å². The van der Waals surface area contributed by atoms with Crippen LogP contribution in [0.1, 0.15) is 32.3 Å². The first kappa shape index (κ1) is 19.1. The number of nitrogens with zero attached hydrogens (tertiary/aromatic N) is 2. The molecule has 2 N–H and O–H groups in total. The summed E-state index contributed by atoms with van der Waals surface area (Å²) >= 11 is 0. The normalized spacial score (nSPS) is 24.7. The van der Waals surface area contributed by atoms with Crippen molar-refractivity contribution in [3.63, 3.8) is 0 Å². The maximum Gasteiger partial charge on any atom is 0.325 e. The molecule has 152 valence electrons. The maximum absolute atomic E-state index is 12.9. The Labute approximate surface area is 167 Å². The predicted octanol–water partition coefficient (Wildman–Crippen LogP) is 1.08. The van der Waals surface area contributed by atoms with Gasteiger partial charge in [0.2, 0.25) is 12.7 Å². The number of imide groups is 1. The van der Waals surface area contributed by atoms with Crippen molar-refractivity contribution in [1.29, 1.82) is 5.26 Å². The molecular weight excluding hydrogens is 376 g/mol. The molecule has 4 rings (SSSR count). The van der Waals surface area contributed by atoms with Crippen LogP contribution in [0.3, 0.4) is 0 Å². The zero-order chi connectivity index (χ0) is 20.8. The fourth-order valence-electron chi connectivity index (χ4n) is 3.82. The van der Waals surface area contributed by atoms with E-state index in [4.69, 9.17) is 9.47 Å². The van der Waals surface area contributed by atoms with Crippen LogP contribution in [0.2, 0.25) is 0 Å². The second kappa shape index (κ2) is 6.65. The van der Waals surface area contributed by atoms with Gasteiger partial charge in [-0.15, -0.1) is 0 Å². The van der Waals surface area contributed by atoms with Crippen LogP contribution >= 0.6 is 0 Å². The van der Waals surface area contributed by atoms with Gasteiger partial charge in [0.15, 0.2) is 11.5 Å². The molecular formula is C20H22N4O5. The van der Waals surface area contributed by atoms with Crippen molar-refractivity contribution in [2.45, 2.75) is 44.2 Å². The summed E-state index contributed by atoms with van der Waals surface area (Å²) in [5, 5.41) is 14.7. The zero-order valence-electron chi connectivity index (χ0n) is 16.3. The zero-order valence-corrected chi connectivity index (χ0v) is 16.3. The highest BCUT2D eigenvalue weighted by Gasteiger charge is 2.49. The Morgan fingerprint density at radius 3 is 2.79 bits per heavy atom. The molecule has 0 spiro atoms. The number of rotatable bonds is 6. The summed E-state index contributed by atoms with van der Waals surface area (Å²) in [5.74, 6) is 0.318. The number of hydrogen-bond donors (Lipinski definition) is 2. The molecule has 2 heterocycles. The number of carbonyl (C=O) groups is 3. The number of benzene rings is 1. The van der Waals surface area contributed by atoms with Crippen molar-refractivity contribution in [3.8, 4) is 17.6 Å². The van der Waals surface area contributed by atoms with Crippen LogP contribution in [-0.2, 0) is 16.0 Å². The summed E-state index contributed by atoms with van der Waals surface area (Å²) in [6.45, 7) is 3.01. The Morgan fingerprint density at radius 2 is 2.10 bits per heavy atom. The van der Waals surface area contributed by atoms with Crippen LogP contribution in [0.4, 0.5) is 4.79 Å². The molecule has 0 bridgehead atoms. The summed E-state index contributed by atoms with van der Waals surface area (Å²) in [6, 6.07) is 6.84. The molecule has 1 aromatic carbocycles. The molecule has 4 amide bonds. The van der Waals surface area contributed by atoms with E-state index < -0.39 is 35.5 Å². The SMILES string of the molecule is C[C@]1(Cc2ccc3c(c2)OCO3)NC(=O)N(CC(=O)N[C@](C)(C#N)C2CC2)C1=O. The molecule has 9 heteroatoms. The van der Waals surface area contributed by atoms with Gasteiger partial charge in [-0.3, -0.25) is 14.5 Å². The van der Waals surface area contributed by atoms with Gasteiger partial charge in [-0.05, 0) is 50.3 Å². The van der Waals surface area contributed by atoms with Crippen LogP contribution in [-0.4, -0.2) is 47.2 Å². The molecule has 0 unspecified atom stereocenters. The van der Waals surface area contributed by atoms with Gasteiger partial charge >= 0.3 is 6.03 Å². The lowest BCUT2D eigenvalue weighted by molar-refractivity contribution is -0.135. The average molecular weight is 398 g/mol. The molecule has 1 saturated carbocycles. The van der Waals surface area contributed by atoms with Crippen LogP contribution in [0.15, 0.2) is 18.2 Å². The van der Waals surface area contributed by atoms with Gasteiger partial charge in [0.05, 0.1) is 6.07 Å². The minimum atomic E-state index is -1.18. The molecule has 0 radical (unpaired) electrons. The van der Waals surface area contributed by atoms with Crippen LogP contribution in [0, 0.1) is 17.2 Å². The van der Waals surface area contributed by atoms with Crippen molar-refractivity contribution >= 4 is 17.8 Å². The quantitative estimate of drug-likeness (QED) is 0.692. The van der Waals surface area contributed by atoms with Crippen molar-refractivity contribution < 1.29 is 23.9 Å². The van der Waals surface area contributed by atoms with Crippen molar-refractivity contribution in [2.75, 3.05) is 13.3 Å². The van der Waals surface area contributed by atoms with Crippen molar-refractivity contribution in [1.82, 2.24) is 15.5 Å². The molecule has 1 aliphatic carbocycles. The highest BCUT2D eigenvalue weighted by atomic mass is 16.7. The lowest BCUT2D eigenvalue weighted by Gasteiger charge is -2.25. The van der Waals surface area contributed by atoms with Crippen LogP contribution in [0.25, 0.3) is 0 Å². The first-order chi connectivity index (χ1) is 13.7. The van der Waals surface area contributed by atoms with E-state index in [9.17, 15) is 19.6 Å². The van der Waals surface area contributed by atoms with E-state index >= 15 is 0 Å². The molecule has 1 saturated heterocycles. The topological polar surface area (TPSA) is 121 Å². The van der Waals surface area contributed by atoms with E-state index in [1.165, 1.54) is 0 Å². The number of nitriles is 1. The highest BCUT2D eigenvalue weighted by molar-refractivity contribution is 6.09. The summed E-state index contributed by atoms with van der Waals surface area (Å²) < 4.78 is 10.6. The molecule has 3 aliphatic rings. The molecule has 2 atom stereocenters. The lowest BCUT2D eigenvalue weighted by atomic mass is 9.92. The average Bonchev–Trinajstić information content (AvgIpc) is 3.40. The number of fused-ring (bicyclic) bond motifs is 1. The van der Waals surface area contributed by atoms with E-state index in [-0.39, 0.29) is 19.1 Å². The van der Waals surface area contributed by atoms with Gasteiger partial charge in [0, 0.05) is 6.42 Å². The van der Waals surface area contributed by atoms with Gasteiger partial charge in [-0.25, -0.2) is 4.79 Å². The summed E-state index contributed by atoms with van der Waals surface area (Å²) in [5.41, 5.74) is -1.37. The molecule has 29 heavy (non-hydrogen) atoms. The first-order valence-electron chi connectivity index (χ1n) is 9.49. The molecule has 2 aliphatic heterocycles.